The highest BCUT2D eigenvalue weighted by molar-refractivity contribution is 8.00. The first-order chi connectivity index (χ1) is 12.7. The van der Waals surface area contributed by atoms with Gasteiger partial charge in [-0.25, -0.2) is 9.78 Å². The van der Waals surface area contributed by atoms with Crippen molar-refractivity contribution in [2.45, 2.75) is 61.8 Å². The number of urea groups is 1. The molecule has 0 aliphatic carbocycles. The molecule has 0 bridgehead atoms. The van der Waals surface area contributed by atoms with E-state index in [4.69, 9.17) is 0 Å². The minimum Gasteiger partial charge on any atom is -0.348 e. The van der Waals surface area contributed by atoms with Gasteiger partial charge < -0.3 is 20.5 Å². The third-order valence-electron chi connectivity index (χ3n) is 5.87. The van der Waals surface area contributed by atoms with Crippen molar-refractivity contribution >= 4 is 23.7 Å². The van der Waals surface area contributed by atoms with E-state index in [1.54, 1.807) is 6.33 Å². The van der Waals surface area contributed by atoms with Gasteiger partial charge in [0.05, 0.1) is 18.4 Å². The van der Waals surface area contributed by atoms with E-state index in [9.17, 15) is 9.59 Å². The number of hydrogen-bond donors (Lipinski definition) is 3. The number of unbranched alkanes of at least 4 members (excludes halogenated alkanes) is 1. The topological polar surface area (TPSA) is 90.1 Å². The molecule has 4 rings (SSSR count). The Morgan fingerprint density at radius 2 is 2.12 bits per heavy atom. The summed E-state index contributed by atoms with van der Waals surface area (Å²) in [5.41, 5.74) is 1.19. The molecule has 3 amide bonds. The second-order valence-electron chi connectivity index (χ2n) is 7.53. The first-order valence-corrected chi connectivity index (χ1v) is 10.7. The molecule has 0 aromatic carbocycles. The summed E-state index contributed by atoms with van der Waals surface area (Å²) in [4.78, 5) is 33.2. The number of thioether (sulfide) groups is 1. The zero-order valence-electron chi connectivity index (χ0n) is 14.9. The quantitative estimate of drug-likeness (QED) is 0.521. The van der Waals surface area contributed by atoms with Gasteiger partial charge in [0.25, 0.3) is 0 Å². The summed E-state index contributed by atoms with van der Waals surface area (Å²) in [6.07, 6.45) is 9.36. The number of nitrogens with zero attached hydrogens (tertiary/aromatic N) is 2. The Morgan fingerprint density at radius 1 is 1.27 bits per heavy atom. The van der Waals surface area contributed by atoms with Gasteiger partial charge in [0.2, 0.25) is 5.91 Å². The molecule has 3 fully saturated rings. The molecule has 0 unspecified atom stereocenters. The fraction of sp³-hybridized carbons (Fsp3) is 0.722. The summed E-state index contributed by atoms with van der Waals surface area (Å²) >= 11 is 1.94. The first kappa shape index (κ1) is 17.7. The Labute approximate surface area is 158 Å². The summed E-state index contributed by atoms with van der Waals surface area (Å²) < 4.78 is 0. The van der Waals surface area contributed by atoms with Gasteiger partial charge >= 0.3 is 6.03 Å². The number of amides is 3. The molecule has 3 atom stereocenters. The van der Waals surface area contributed by atoms with Crippen LogP contribution in [0.2, 0.25) is 0 Å². The largest absolute Gasteiger partial charge is 0.348 e. The smallest absolute Gasteiger partial charge is 0.315 e. The number of carbonyl (C=O) groups excluding carboxylic acids is 2. The number of carbonyl (C=O) groups is 2. The van der Waals surface area contributed by atoms with Crippen LogP contribution < -0.4 is 10.6 Å². The lowest BCUT2D eigenvalue weighted by Gasteiger charge is -2.31. The predicted octanol–water partition coefficient (Wildman–Crippen LogP) is 1.84. The fourth-order valence-corrected chi connectivity index (χ4v) is 5.90. The number of imidazole rings is 1. The highest BCUT2D eigenvalue weighted by atomic mass is 32.2. The first-order valence-electron chi connectivity index (χ1n) is 9.65. The molecule has 3 saturated heterocycles. The maximum absolute atomic E-state index is 12.4. The zero-order chi connectivity index (χ0) is 17.9. The number of rotatable bonds is 6. The number of fused-ring (bicyclic) bond motifs is 1. The second kappa shape index (κ2) is 7.90. The van der Waals surface area contributed by atoms with Crippen LogP contribution in [0.25, 0.3) is 0 Å². The molecule has 3 aliphatic heterocycles. The minimum absolute atomic E-state index is 0.0287. The normalized spacial score (nSPS) is 28.7. The number of aromatic nitrogens is 2. The van der Waals surface area contributed by atoms with Crippen molar-refractivity contribution in [3.63, 3.8) is 0 Å². The summed E-state index contributed by atoms with van der Waals surface area (Å²) in [6, 6.07) is 0.527. The van der Waals surface area contributed by atoms with E-state index in [1.807, 2.05) is 22.9 Å². The van der Waals surface area contributed by atoms with Crippen molar-refractivity contribution in [2.75, 3.05) is 18.8 Å². The predicted molar refractivity (Wildman–Crippen MR) is 101 cm³/mol. The molecule has 0 radical (unpaired) electrons. The van der Waals surface area contributed by atoms with Gasteiger partial charge in [-0.15, -0.1) is 0 Å². The molecule has 4 heterocycles. The monoisotopic (exact) mass is 377 g/mol. The number of hydrogen-bond acceptors (Lipinski definition) is 4. The molecular weight excluding hydrogens is 350 g/mol. The zero-order valence-corrected chi connectivity index (χ0v) is 15.8. The van der Waals surface area contributed by atoms with Crippen molar-refractivity contribution in [3.05, 3.63) is 18.2 Å². The van der Waals surface area contributed by atoms with Crippen molar-refractivity contribution in [3.8, 4) is 0 Å². The molecule has 3 N–H and O–H groups in total. The molecular formula is C18H27N5O2S. The maximum atomic E-state index is 12.4. The van der Waals surface area contributed by atoms with Crippen LogP contribution in [0.4, 0.5) is 4.79 Å². The van der Waals surface area contributed by atoms with Gasteiger partial charge in [0, 0.05) is 48.3 Å². The number of aromatic amines is 1. The van der Waals surface area contributed by atoms with Crippen molar-refractivity contribution in [2.24, 2.45) is 0 Å². The summed E-state index contributed by atoms with van der Waals surface area (Å²) in [5, 5.41) is 6.49. The SMILES string of the molecule is O=C1N[C@H]2[C@H](CS[C@H]2CCCCC(=O)N2CCC(c3cnc[nH]3)CC2)N1. The highest BCUT2D eigenvalue weighted by Crippen LogP contribution is 2.33. The van der Waals surface area contributed by atoms with E-state index >= 15 is 0 Å². The molecule has 7 nitrogen and oxygen atoms in total. The van der Waals surface area contributed by atoms with Gasteiger partial charge in [0.15, 0.2) is 0 Å². The van der Waals surface area contributed by atoms with Crippen molar-refractivity contribution < 1.29 is 9.59 Å². The molecule has 8 heteroatoms. The van der Waals surface area contributed by atoms with Crippen molar-refractivity contribution in [1.29, 1.82) is 0 Å². The molecule has 26 heavy (non-hydrogen) atoms. The number of piperidine rings is 1. The van der Waals surface area contributed by atoms with E-state index < -0.39 is 0 Å². The Balaban J connectivity index is 1.13. The number of nitrogens with one attached hydrogen (secondary N) is 3. The lowest BCUT2D eigenvalue weighted by Crippen LogP contribution is -2.38. The van der Waals surface area contributed by atoms with E-state index in [2.05, 4.69) is 20.6 Å². The third kappa shape index (κ3) is 3.84. The molecule has 142 valence electrons. The van der Waals surface area contributed by atoms with Crippen LogP contribution in [0.5, 0.6) is 0 Å². The lowest BCUT2D eigenvalue weighted by molar-refractivity contribution is -0.132. The van der Waals surface area contributed by atoms with Crippen LogP contribution in [0.1, 0.15) is 50.1 Å². The Morgan fingerprint density at radius 3 is 2.88 bits per heavy atom. The molecule has 1 aromatic heterocycles. The number of likely N-dealkylation sites (tertiary alicyclic amines) is 1. The van der Waals surface area contributed by atoms with Crippen LogP contribution in [0, 0.1) is 0 Å². The molecule has 0 spiro atoms. The van der Waals surface area contributed by atoms with Crippen molar-refractivity contribution in [1.82, 2.24) is 25.5 Å². The summed E-state index contributed by atoms with van der Waals surface area (Å²) in [6.45, 7) is 1.70. The van der Waals surface area contributed by atoms with Crippen LogP contribution in [-0.4, -0.2) is 63.0 Å². The van der Waals surface area contributed by atoms with Crippen LogP contribution >= 0.6 is 11.8 Å². The fourth-order valence-electron chi connectivity index (χ4n) is 4.35. The lowest BCUT2D eigenvalue weighted by atomic mass is 9.94. The third-order valence-corrected chi connectivity index (χ3v) is 7.38. The highest BCUT2D eigenvalue weighted by Gasteiger charge is 2.42. The second-order valence-corrected chi connectivity index (χ2v) is 8.80. The molecule has 3 aliphatic rings. The average molecular weight is 378 g/mol. The van der Waals surface area contributed by atoms with Crippen LogP contribution in [0.15, 0.2) is 12.5 Å². The van der Waals surface area contributed by atoms with E-state index in [-0.39, 0.29) is 18.1 Å². The van der Waals surface area contributed by atoms with Gasteiger partial charge in [0.1, 0.15) is 0 Å². The van der Waals surface area contributed by atoms with Gasteiger partial charge in [-0.05, 0) is 25.7 Å². The Kier molecular flexibility index (Phi) is 5.38. The number of H-pyrrole nitrogens is 1. The maximum Gasteiger partial charge on any atom is 0.315 e. The average Bonchev–Trinajstić information content (AvgIpc) is 3.37. The van der Waals surface area contributed by atoms with E-state index in [0.29, 0.717) is 23.5 Å². The Hall–Kier alpha value is -1.70. The van der Waals surface area contributed by atoms with Crippen LogP contribution in [0.3, 0.4) is 0 Å². The van der Waals surface area contributed by atoms with Gasteiger partial charge in [-0.3, -0.25) is 4.79 Å². The molecule has 1 aromatic rings. The van der Waals surface area contributed by atoms with Gasteiger partial charge in [-0.2, -0.15) is 11.8 Å². The molecule has 0 saturated carbocycles. The van der Waals surface area contributed by atoms with E-state index in [1.165, 1.54) is 5.69 Å². The van der Waals surface area contributed by atoms with Gasteiger partial charge in [-0.1, -0.05) is 6.42 Å². The Bertz CT molecular complexity index is 630. The standard InChI is InChI=1S/C18H27N5O2S/c24-16(23-7-5-12(6-8-23)13-9-19-11-20-13)4-2-1-3-15-17-14(10-26-15)21-18(25)22-17/h9,11-12,14-15,17H,1-8,10H2,(H,19,20)(H2,21,22,25)/t14-,15-,17-/m0/s1. The summed E-state index contributed by atoms with van der Waals surface area (Å²) in [5.74, 6) is 1.79. The van der Waals surface area contributed by atoms with E-state index in [0.717, 1.165) is 50.9 Å². The summed E-state index contributed by atoms with van der Waals surface area (Å²) in [7, 11) is 0. The minimum atomic E-state index is -0.0287. The van der Waals surface area contributed by atoms with Crippen LogP contribution in [-0.2, 0) is 4.79 Å².